The fourth-order valence-electron chi connectivity index (χ4n) is 4.95. The van der Waals surface area contributed by atoms with E-state index in [1.165, 1.54) is 6.07 Å². The van der Waals surface area contributed by atoms with E-state index in [0.29, 0.717) is 35.4 Å². The number of hydrogen-bond acceptors (Lipinski definition) is 6. The van der Waals surface area contributed by atoms with Gasteiger partial charge in [-0.05, 0) is 56.4 Å². The van der Waals surface area contributed by atoms with Gasteiger partial charge in [-0.15, -0.1) is 0 Å². The molecule has 0 bridgehead atoms. The molecule has 0 amide bonds. The molecule has 7 nitrogen and oxygen atoms in total. The van der Waals surface area contributed by atoms with E-state index in [4.69, 9.17) is 15.5 Å². The molecule has 4 heterocycles. The summed E-state index contributed by atoms with van der Waals surface area (Å²) in [5.41, 5.74) is 8.36. The van der Waals surface area contributed by atoms with Crippen LogP contribution in [-0.2, 0) is 34.7 Å². The van der Waals surface area contributed by atoms with Crippen LogP contribution < -0.4 is 11.3 Å². The van der Waals surface area contributed by atoms with Gasteiger partial charge in [-0.2, -0.15) is 0 Å². The molecule has 0 fully saturated rings. The highest BCUT2D eigenvalue weighted by Gasteiger charge is 2.45. The number of halogens is 1. The summed E-state index contributed by atoms with van der Waals surface area (Å²) in [5.74, 6) is -1.11. The lowest BCUT2D eigenvalue weighted by molar-refractivity contribution is -0.172. The molecule has 1 aromatic carbocycles. The van der Waals surface area contributed by atoms with E-state index in [1.54, 1.807) is 30.5 Å². The first-order chi connectivity index (χ1) is 15.7. The number of carbonyl (C=O) groups is 1. The molecule has 0 saturated heterocycles. The number of aromatic nitrogens is 2. The lowest BCUT2D eigenvalue weighted by atomic mass is 9.86. The Labute approximate surface area is 190 Å². The standard InChI is InChI=1S/C25H26FN3O4/c1-4-25(32)18-8-21-22-16(10-29(21)23(30)17(18)11-33-24(25)31)14(6-5-13(3)27)15-7-12(2)19(26)9-20(15)28-22/h7-9,13,32H,4-6,10-11,27H2,1-3H3/t13-,25-/m0/s1. The van der Waals surface area contributed by atoms with Gasteiger partial charge in [-0.1, -0.05) is 6.92 Å². The Bertz CT molecular complexity index is 1400. The van der Waals surface area contributed by atoms with Gasteiger partial charge in [-0.3, -0.25) is 4.79 Å². The van der Waals surface area contributed by atoms with Gasteiger partial charge < -0.3 is 20.1 Å². The second-order valence-electron chi connectivity index (χ2n) is 9.16. The summed E-state index contributed by atoms with van der Waals surface area (Å²) < 4.78 is 21.2. The van der Waals surface area contributed by atoms with Crippen molar-refractivity contribution < 1.29 is 19.0 Å². The van der Waals surface area contributed by atoms with Crippen LogP contribution in [0.1, 0.15) is 54.5 Å². The van der Waals surface area contributed by atoms with Crippen molar-refractivity contribution in [1.82, 2.24) is 9.55 Å². The lowest BCUT2D eigenvalue weighted by Crippen LogP contribution is -2.44. The van der Waals surface area contributed by atoms with E-state index in [9.17, 15) is 19.1 Å². The SMILES string of the molecule is CC[C@@]1(O)C(=O)OCc2c1cc1n(c2=O)Cc2c-1nc1cc(F)c(C)cc1c2CC[C@H](C)N. The average Bonchev–Trinajstić information content (AvgIpc) is 3.14. The summed E-state index contributed by atoms with van der Waals surface area (Å²) in [5, 5.41) is 11.9. The number of pyridine rings is 2. The number of esters is 1. The molecular formula is C25H26FN3O4. The third-order valence-electron chi connectivity index (χ3n) is 6.94. The number of cyclic esters (lactones) is 1. The van der Waals surface area contributed by atoms with E-state index in [-0.39, 0.29) is 41.6 Å². The van der Waals surface area contributed by atoms with Crippen molar-refractivity contribution in [2.75, 3.05) is 0 Å². The third kappa shape index (κ3) is 3.12. The van der Waals surface area contributed by atoms with Gasteiger partial charge in [0.25, 0.3) is 5.56 Å². The maximum atomic E-state index is 14.4. The highest BCUT2D eigenvalue weighted by molar-refractivity contribution is 5.89. The van der Waals surface area contributed by atoms with Gasteiger partial charge in [0.2, 0.25) is 0 Å². The van der Waals surface area contributed by atoms with Gasteiger partial charge >= 0.3 is 5.97 Å². The largest absolute Gasteiger partial charge is 0.458 e. The lowest BCUT2D eigenvalue weighted by Gasteiger charge is -2.31. The van der Waals surface area contributed by atoms with Crippen molar-refractivity contribution in [2.45, 2.75) is 64.8 Å². The predicted molar refractivity (Wildman–Crippen MR) is 121 cm³/mol. The van der Waals surface area contributed by atoms with Gasteiger partial charge in [0.1, 0.15) is 12.4 Å². The van der Waals surface area contributed by atoms with Gasteiger partial charge in [-0.25, -0.2) is 14.2 Å². The van der Waals surface area contributed by atoms with Crippen LogP contribution in [0.2, 0.25) is 0 Å². The minimum atomic E-state index is -1.89. The van der Waals surface area contributed by atoms with Crippen molar-refractivity contribution in [3.63, 3.8) is 0 Å². The molecule has 0 spiro atoms. The second-order valence-corrected chi connectivity index (χ2v) is 9.16. The number of carbonyl (C=O) groups excluding carboxylic acids is 1. The van der Waals surface area contributed by atoms with Crippen LogP contribution in [0, 0.1) is 12.7 Å². The van der Waals surface area contributed by atoms with Crippen LogP contribution in [0.15, 0.2) is 23.0 Å². The fraction of sp³-hybridized carbons (Fsp3) is 0.400. The molecule has 8 heteroatoms. The first kappa shape index (κ1) is 21.7. The van der Waals surface area contributed by atoms with E-state index in [0.717, 1.165) is 22.9 Å². The van der Waals surface area contributed by atoms with Gasteiger partial charge in [0.05, 0.1) is 29.0 Å². The molecular weight excluding hydrogens is 425 g/mol. The van der Waals surface area contributed by atoms with E-state index in [2.05, 4.69) is 0 Å². The van der Waals surface area contributed by atoms with Crippen molar-refractivity contribution in [3.8, 4) is 11.4 Å². The maximum absolute atomic E-state index is 14.4. The van der Waals surface area contributed by atoms with Crippen LogP contribution in [0.25, 0.3) is 22.3 Å². The number of nitrogens with zero attached hydrogens (tertiary/aromatic N) is 2. The molecule has 0 unspecified atom stereocenters. The number of fused-ring (bicyclic) bond motifs is 5. The van der Waals surface area contributed by atoms with Crippen LogP contribution in [-0.4, -0.2) is 26.7 Å². The number of aliphatic hydroxyl groups is 1. The van der Waals surface area contributed by atoms with Crippen LogP contribution >= 0.6 is 0 Å². The first-order valence-electron chi connectivity index (χ1n) is 11.2. The molecule has 3 aromatic rings. The third-order valence-corrected chi connectivity index (χ3v) is 6.94. The molecule has 3 N–H and O–H groups in total. The molecule has 33 heavy (non-hydrogen) atoms. The van der Waals surface area contributed by atoms with Crippen molar-refractivity contribution >= 4 is 16.9 Å². The quantitative estimate of drug-likeness (QED) is 0.462. The molecule has 2 aromatic heterocycles. The monoisotopic (exact) mass is 451 g/mol. The molecule has 2 aliphatic heterocycles. The topological polar surface area (TPSA) is 107 Å². The summed E-state index contributed by atoms with van der Waals surface area (Å²) in [6, 6.07) is 4.87. The number of aryl methyl sites for hydroxylation is 2. The number of rotatable bonds is 4. The smallest absolute Gasteiger partial charge is 0.343 e. The summed E-state index contributed by atoms with van der Waals surface area (Å²) in [6.07, 6.45) is 1.46. The Morgan fingerprint density at radius 3 is 2.76 bits per heavy atom. The molecule has 2 atom stereocenters. The molecule has 5 rings (SSSR count). The predicted octanol–water partition coefficient (Wildman–Crippen LogP) is 2.81. The minimum absolute atomic E-state index is 0.0213. The van der Waals surface area contributed by atoms with Crippen LogP contribution in [0.5, 0.6) is 0 Å². The number of nitrogens with two attached hydrogens (primary N) is 1. The Hall–Kier alpha value is -3.10. The Balaban J connectivity index is 1.80. The second kappa shape index (κ2) is 7.46. The highest BCUT2D eigenvalue weighted by atomic mass is 19.1. The number of ether oxygens (including phenoxy) is 1. The minimum Gasteiger partial charge on any atom is -0.458 e. The fourth-order valence-corrected chi connectivity index (χ4v) is 4.95. The zero-order chi connectivity index (χ0) is 23.7. The van der Waals surface area contributed by atoms with E-state index >= 15 is 0 Å². The molecule has 172 valence electrons. The van der Waals surface area contributed by atoms with Crippen molar-refractivity contribution in [2.24, 2.45) is 5.73 Å². The zero-order valence-corrected chi connectivity index (χ0v) is 18.9. The Morgan fingerprint density at radius 1 is 1.30 bits per heavy atom. The zero-order valence-electron chi connectivity index (χ0n) is 18.9. The average molecular weight is 451 g/mol. The van der Waals surface area contributed by atoms with Crippen molar-refractivity contribution in [3.05, 3.63) is 62.2 Å². The van der Waals surface area contributed by atoms with E-state index < -0.39 is 11.6 Å². The first-order valence-corrected chi connectivity index (χ1v) is 11.2. The Morgan fingerprint density at radius 2 is 2.06 bits per heavy atom. The van der Waals surface area contributed by atoms with Gasteiger partial charge in [0.15, 0.2) is 5.60 Å². The van der Waals surface area contributed by atoms with E-state index in [1.807, 2.05) is 6.92 Å². The van der Waals surface area contributed by atoms with Crippen LogP contribution in [0.4, 0.5) is 4.39 Å². The molecule has 2 aliphatic rings. The van der Waals surface area contributed by atoms with Crippen LogP contribution in [0.3, 0.4) is 0 Å². The molecule has 0 saturated carbocycles. The molecule has 0 aliphatic carbocycles. The summed E-state index contributed by atoms with van der Waals surface area (Å²) in [4.78, 5) is 30.5. The Kier molecular flexibility index (Phi) is 4.91. The number of benzene rings is 1. The van der Waals surface area contributed by atoms with Crippen molar-refractivity contribution in [1.29, 1.82) is 0 Å². The summed E-state index contributed by atoms with van der Waals surface area (Å²) in [7, 11) is 0. The number of hydrogen-bond donors (Lipinski definition) is 2. The van der Waals surface area contributed by atoms with Gasteiger partial charge in [0, 0.05) is 28.6 Å². The molecule has 0 radical (unpaired) electrons. The summed E-state index contributed by atoms with van der Waals surface area (Å²) >= 11 is 0. The summed E-state index contributed by atoms with van der Waals surface area (Å²) in [6.45, 7) is 5.45. The maximum Gasteiger partial charge on any atom is 0.343 e. The highest BCUT2D eigenvalue weighted by Crippen LogP contribution is 2.40. The normalized spacial score (nSPS) is 19.8.